The number of aryl methyl sites for hydroxylation is 1. The number of hydrogen-bond donors (Lipinski definition) is 0. The first kappa shape index (κ1) is 17.0. The molecule has 4 rings (SSSR count). The number of fused-ring (bicyclic) bond motifs is 1. The highest BCUT2D eigenvalue weighted by atomic mass is 32.1. The number of thiazole rings is 1. The van der Waals surface area contributed by atoms with Gasteiger partial charge >= 0.3 is 0 Å². The number of anilines is 1. The van der Waals surface area contributed by atoms with Gasteiger partial charge < -0.3 is 4.90 Å². The van der Waals surface area contributed by atoms with Crippen LogP contribution in [0.15, 0.2) is 60.2 Å². The van der Waals surface area contributed by atoms with E-state index >= 15 is 0 Å². The predicted molar refractivity (Wildman–Crippen MR) is 114 cm³/mol. The van der Waals surface area contributed by atoms with Crippen LogP contribution in [0.5, 0.6) is 0 Å². The van der Waals surface area contributed by atoms with Gasteiger partial charge in [0.25, 0.3) is 5.01 Å². The highest BCUT2D eigenvalue weighted by molar-refractivity contribution is 7.19. The topological polar surface area (TPSA) is 7.12 Å². The number of allylic oxidation sites excluding steroid dienone is 3. The van der Waals surface area contributed by atoms with Crippen molar-refractivity contribution in [1.82, 2.24) is 0 Å². The van der Waals surface area contributed by atoms with Crippen LogP contribution in [0, 0.1) is 0 Å². The van der Waals surface area contributed by atoms with Crippen molar-refractivity contribution in [1.29, 1.82) is 0 Å². The number of hydrogen-bond acceptors (Lipinski definition) is 2. The molecule has 1 aliphatic rings. The van der Waals surface area contributed by atoms with Crippen molar-refractivity contribution < 1.29 is 4.57 Å². The lowest BCUT2D eigenvalue weighted by Gasteiger charge is -2.14. The fourth-order valence-corrected chi connectivity index (χ4v) is 4.79. The summed E-state index contributed by atoms with van der Waals surface area (Å²) < 4.78 is 3.71. The molecule has 0 amide bonds. The Kier molecular flexibility index (Phi) is 4.64. The van der Waals surface area contributed by atoms with E-state index in [0.29, 0.717) is 0 Å². The molecule has 0 spiro atoms. The van der Waals surface area contributed by atoms with Crippen molar-refractivity contribution in [2.24, 2.45) is 7.05 Å². The number of rotatable bonds is 3. The Balaban J connectivity index is 1.67. The zero-order valence-corrected chi connectivity index (χ0v) is 16.5. The fourth-order valence-electron chi connectivity index (χ4n) is 3.60. The molecule has 2 aromatic carbocycles. The summed E-state index contributed by atoms with van der Waals surface area (Å²) in [5.74, 6) is 0. The molecule has 132 valence electrons. The van der Waals surface area contributed by atoms with Crippen LogP contribution in [0.3, 0.4) is 0 Å². The van der Waals surface area contributed by atoms with Gasteiger partial charge in [-0.05, 0) is 54.7 Å². The van der Waals surface area contributed by atoms with Crippen LogP contribution in [0.2, 0.25) is 0 Å². The normalized spacial score (nSPS) is 16.1. The van der Waals surface area contributed by atoms with Crippen LogP contribution in [-0.4, -0.2) is 14.1 Å². The second kappa shape index (κ2) is 7.08. The first-order valence-corrected chi connectivity index (χ1v) is 10.00. The summed E-state index contributed by atoms with van der Waals surface area (Å²) >= 11 is 1.91. The number of benzene rings is 2. The molecular formula is C23H25N2S+. The molecule has 1 aliphatic carbocycles. The number of para-hydroxylation sites is 1. The van der Waals surface area contributed by atoms with Gasteiger partial charge in [0.05, 0.1) is 0 Å². The second-order valence-electron chi connectivity index (χ2n) is 7.16. The van der Waals surface area contributed by atoms with Crippen molar-refractivity contribution >= 4 is 38.9 Å². The smallest absolute Gasteiger partial charge is 0.265 e. The van der Waals surface area contributed by atoms with Crippen LogP contribution < -0.4 is 9.47 Å². The molecule has 26 heavy (non-hydrogen) atoms. The second-order valence-corrected chi connectivity index (χ2v) is 8.19. The minimum Gasteiger partial charge on any atom is -0.378 e. The van der Waals surface area contributed by atoms with Crippen LogP contribution >= 0.6 is 11.3 Å². The zero-order chi connectivity index (χ0) is 18.1. The van der Waals surface area contributed by atoms with Crippen molar-refractivity contribution in [2.45, 2.75) is 19.3 Å². The molecule has 3 heteroatoms. The Bertz CT molecular complexity index is 991. The molecular weight excluding hydrogens is 336 g/mol. The van der Waals surface area contributed by atoms with Crippen LogP contribution in [0.25, 0.3) is 21.9 Å². The third kappa shape index (κ3) is 3.32. The van der Waals surface area contributed by atoms with Gasteiger partial charge in [-0.3, -0.25) is 0 Å². The molecule has 2 nitrogen and oxygen atoms in total. The van der Waals surface area contributed by atoms with Gasteiger partial charge in [-0.15, -0.1) is 0 Å². The molecule has 1 heterocycles. The highest BCUT2D eigenvalue weighted by Gasteiger charge is 2.22. The van der Waals surface area contributed by atoms with Crippen LogP contribution in [0.4, 0.5) is 5.69 Å². The SMILES string of the molecule is CN(C)c1ccc(/C=C2\C=C(c3sc4ccccc4[n+]3C)CCC2)cc1. The van der Waals surface area contributed by atoms with E-state index in [1.807, 2.05) is 11.3 Å². The van der Waals surface area contributed by atoms with E-state index in [-0.39, 0.29) is 0 Å². The Labute approximate surface area is 159 Å². The van der Waals surface area contributed by atoms with E-state index in [4.69, 9.17) is 0 Å². The monoisotopic (exact) mass is 361 g/mol. The van der Waals surface area contributed by atoms with Crippen molar-refractivity contribution in [2.75, 3.05) is 19.0 Å². The largest absolute Gasteiger partial charge is 0.378 e. The molecule has 0 atom stereocenters. The maximum atomic E-state index is 2.41. The summed E-state index contributed by atoms with van der Waals surface area (Å²) in [5.41, 5.74) is 6.74. The molecule has 1 aromatic heterocycles. The Morgan fingerprint density at radius 1 is 1.00 bits per heavy atom. The summed E-state index contributed by atoms with van der Waals surface area (Å²) in [6, 6.07) is 17.5. The maximum absolute atomic E-state index is 2.41. The first-order chi connectivity index (χ1) is 12.6. The van der Waals surface area contributed by atoms with Crippen molar-refractivity contribution in [3.63, 3.8) is 0 Å². The van der Waals surface area contributed by atoms with E-state index in [2.05, 4.69) is 91.3 Å². The summed E-state index contributed by atoms with van der Waals surface area (Å²) in [4.78, 5) is 2.14. The van der Waals surface area contributed by atoms with Gasteiger partial charge in [0.1, 0.15) is 11.7 Å². The van der Waals surface area contributed by atoms with Gasteiger partial charge in [0.2, 0.25) is 5.52 Å². The van der Waals surface area contributed by atoms with Crippen LogP contribution in [0.1, 0.15) is 29.8 Å². The molecule has 0 fully saturated rings. The summed E-state index contributed by atoms with van der Waals surface area (Å²) in [7, 11) is 6.34. The van der Waals surface area contributed by atoms with Crippen molar-refractivity contribution in [3.8, 4) is 0 Å². The van der Waals surface area contributed by atoms with Gasteiger partial charge in [-0.1, -0.05) is 41.7 Å². The molecule has 0 unspecified atom stereocenters. The van der Waals surface area contributed by atoms with Crippen molar-refractivity contribution in [3.05, 3.63) is 70.8 Å². The molecule has 0 saturated heterocycles. The average Bonchev–Trinajstić information content (AvgIpc) is 3.00. The lowest BCUT2D eigenvalue weighted by atomic mass is 9.94. The standard InChI is InChI=1S/C23H25N2S/c1-24(2)20-13-11-17(12-14-20)15-18-7-6-8-19(16-18)23-25(3)21-9-4-5-10-22(21)26-23/h4-5,9-16H,6-8H2,1-3H3/q+1. The summed E-state index contributed by atoms with van der Waals surface area (Å²) in [6.07, 6.45) is 8.30. The molecule has 0 N–H and O–H groups in total. The Morgan fingerprint density at radius 2 is 1.77 bits per heavy atom. The Hall–Kier alpha value is -2.39. The van der Waals surface area contributed by atoms with Crippen LogP contribution in [-0.2, 0) is 7.05 Å². The zero-order valence-electron chi connectivity index (χ0n) is 15.7. The third-order valence-electron chi connectivity index (χ3n) is 5.05. The van der Waals surface area contributed by atoms with E-state index in [9.17, 15) is 0 Å². The van der Waals surface area contributed by atoms with E-state index in [1.54, 1.807) is 0 Å². The average molecular weight is 362 g/mol. The lowest BCUT2D eigenvalue weighted by Crippen LogP contribution is -2.30. The van der Waals surface area contributed by atoms with Gasteiger partial charge in [0.15, 0.2) is 0 Å². The highest BCUT2D eigenvalue weighted by Crippen LogP contribution is 2.33. The summed E-state index contributed by atoms with van der Waals surface area (Å²) in [6.45, 7) is 0. The maximum Gasteiger partial charge on any atom is 0.265 e. The van der Waals surface area contributed by atoms with E-state index < -0.39 is 0 Å². The van der Waals surface area contributed by atoms with Gasteiger partial charge in [-0.25, -0.2) is 0 Å². The predicted octanol–water partition coefficient (Wildman–Crippen LogP) is 5.44. The molecule has 0 radical (unpaired) electrons. The molecule has 0 bridgehead atoms. The summed E-state index contributed by atoms with van der Waals surface area (Å²) in [5, 5.41) is 1.39. The third-order valence-corrected chi connectivity index (χ3v) is 6.34. The van der Waals surface area contributed by atoms with E-state index in [1.165, 1.54) is 44.0 Å². The lowest BCUT2D eigenvalue weighted by molar-refractivity contribution is -0.642. The van der Waals surface area contributed by atoms with Gasteiger partial charge in [0, 0.05) is 31.4 Å². The minimum atomic E-state index is 1.16. The quantitative estimate of drug-likeness (QED) is 0.563. The first-order valence-electron chi connectivity index (χ1n) is 9.18. The molecule has 3 aromatic rings. The Morgan fingerprint density at radius 3 is 2.50 bits per heavy atom. The fraction of sp³-hybridized carbons (Fsp3) is 0.261. The molecule has 0 saturated carbocycles. The minimum absolute atomic E-state index is 1.16. The molecule has 0 aliphatic heterocycles. The van der Waals surface area contributed by atoms with Gasteiger partial charge in [-0.2, -0.15) is 4.57 Å². The number of aromatic nitrogens is 1. The van der Waals surface area contributed by atoms with E-state index in [0.717, 1.165) is 12.8 Å². The number of nitrogens with zero attached hydrogens (tertiary/aromatic N) is 2.